The molecule has 1 aliphatic heterocycles. The van der Waals surface area contributed by atoms with Crippen LogP contribution in [-0.4, -0.2) is 16.0 Å². The van der Waals surface area contributed by atoms with E-state index < -0.39 is 0 Å². The van der Waals surface area contributed by atoms with Gasteiger partial charge in [0.15, 0.2) is 0 Å². The molecule has 0 aromatic heterocycles. The van der Waals surface area contributed by atoms with Gasteiger partial charge in [-0.25, -0.2) is 0 Å². The van der Waals surface area contributed by atoms with Crippen LogP contribution < -0.4 is 0 Å². The molecular weight excluding hydrogens is 250 g/mol. The number of hydrogen-bond donors (Lipinski definition) is 1. The van der Waals surface area contributed by atoms with Crippen LogP contribution in [-0.2, 0) is 0 Å². The summed E-state index contributed by atoms with van der Waals surface area (Å²) in [5.74, 6) is 0. The molecule has 1 N–H and O–H groups in total. The zero-order valence-electron chi connectivity index (χ0n) is 9.18. The summed E-state index contributed by atoms with van der Waals surface area (Å²) >= 11 is 0. The average molecular weight is 267 g/mol. The zero-order valence-corrected chi connectivity index (χ0v) is 10.8. The van der Waals surface area contributed by atoms with Crippen molar-refractivity contribution in [2.45, 2.75) is 37.4 Å². The van der Waals surface area contributed by atoms with Crippen molar-refractivity contribution in [2.24, 2.45) is 0 Å². The second-order valence-corrected chi connectivity index (χ2v) is 7.38. The Morgan fingerprint density at radius 1 is 1.29 bits per heavy atom. The molecule has 1 fully saturated rings. The van der Waals surface area contributed by atoms with Crippen molar-refractivity contribution >= 4 is 21.6 Å². The van der Waals surface area contributed by atoms with E-state index in [1.165, 1.54) is 0 Å². The SMILES string of the molecule is C.CC1(C)SSC(c2ccc(C#N)cc2)C1O. The first-order valence-corrected chi connectivity index (χ1v) is 7.28. The molecule has 1 aromatic carbocycles. The summed E-state index contributed by atoms with van der Waals surface area (Å²) in [6.45, 7) is 4.11. The Bertz CT molecular complexity index is 422. The van der Waals surface area contributed by atoms with Crippen molar-refractivity contribution in [1.29, 1.82) is 5.26 Å². The first-order valence-electron chi connectivity index (χ1n) is 5.07. The van der Waals surface area contributed by atoms with Crippen LogP contribution in [0.15, 0.2) is 24.3 Å². The molecule has 2 unspecified atom stereocenters. The molecular formula is C13H17NOS2. The summed E-state index contributed by atoms with van der Waals surface area (Å²) in [7, 11) is 3.43. The molecule has 1 aromatic rings. The first-order chi connectivity index (χ1) is 7.54. The molecule has 1 heterocycles. The largest absolute Gasteiger partial charge is 0.390 e. The second-order valence-electron chi connectivity index (χ2n) is 4.38. The normalized spacial score (nSPS) is 26.0. The third-order valence-corrected chi connectivity index (χ3v) is 6.44. The van der Waals surface area contributed by atoms with Crippen molar-refractivity contribution in [2.75, 3.05) is 0 Å². The van der Waals surface area contributed by atoms with Gasteiger partial charge in [0.1, 0.15) is 0 Å². The number of hydrogen-bond acceptors (Lipinski definition) is 4. The lowest BCUT2D eigenvalue weighted by Gasteiger charge is -2.23. The van der Waals surface area contributed by atoms with E-state index in [0.717, 1.165) is 5.56 Å². The van der Waals surface area contributed by atoms with E-state index in [9.17, 15) is 5.11 Å². The molecule has 2 rings (SSSR count). The van der Waals surface area contributed by atoms with Crippen LogP contribution in [0.3, 0.4) is 0 Å². The summed E-state index contributed by atoms with van der Waals surface area (Å²) in [5, 5.41) is 19.0. The molecule has 4 heteroatoms. The van der Waals surface area contributed by atoms with E-state index in [2.05, 4.69) is 19.9 Å². The summed E-state index contributed by atoms with van der Waals surface area (Å²) in [6.07, 6.45) is -0.351. The van der Waals surface area contributed by atoms with Gasteiger partial charge in [-0.3, -0.25) is 0 Å². The fourth-order valence-corrected chi connectivity index (χ4v) is 5.01. The molecule has 0 saturated carbocycles. The Morgan fingerprint density at radius 3 is 2.29 bits per heavy atom. The smallest absolute Gasteiger partial charge is 0.0991 e. The summed E-state index contributed by atoms with van der Waals surface area (Å²) in [4.78, 5) is 0. The van der Waals surface area contributed by atoms with Crippen LogP contribution in [0.2, 0.25) is 0 Å². The van der Waals surface area contributed by atoms with Crippen molar-refractivity contribution in [3.8, 4) is 6.07 Å². The third-order valence-electron chi connectivity index (χ3n) is 2.73. The van der Waals surface area contributed by atoms with E-state index in [4.69, 9.17) is 5.26 Å². The minimum atomic E-state index is -0.351. The number of aliphatic hydroxyl groups excluding tert-OH is 1. The maximum Gasteiger partial charge on any atom is 0.0991 e. The van der Waals surface area contributed by atoms with E-state index in [1.54, 1.807) is 33.7 Å². The summed E-state index contributed by atoms with van der Waals surface area (Å²) in [6, 6.07) is 9.57. The van der Waals surface area contributed by atoms with Gasteiger partial charge in [-0.15, -0.1) is 0 Å². The van der Waals surface area contributed by atoms with Crippen LogP contribution in [0, 0.1) is 11.3 Å². The zero-order chi connectivity index (χ0) is 11.8. The fraction of sp³-hybridized carbons (Fsp3) is 0.462. The minimum absolute atomic E-state index is 0. The molecule has 17 heavy (non-hydrogen) atoms. The van der Waals surface area contributed by atoms with Crippen LogP contribution in [0.25, 0.3) is 0 Å². The van der Waals surface area contributed by atoms with E-state index in [-0.39, 0.29) is 23.5 Å². The predicted molar refractivity (Wildman–Crippen MR) is 75.9 cm³/mol. The highest BCUT2D eigenvalue weighted by atomic mass is 33.1. The minimum Gasteiger partial charge on any atom is -0.390 e. The highest BCUT2D eigenvalue weighted by molar-refractivity contribution is 8.77. The highest BCUT2D eigenvalue weighted by Gasteiger charge is 2.43. The van der Waals surface area contributed by atoms with Crippen molar-refractivity contribution in [1.82, 2.24) is 0 Å². The van der Waals surface area contributed by atoms with Crippen LogP contribution in [0.1, 0.15) is 37.7 Å². The Balaban J connectivity index is 0.00000144. The van der Waals surface area contributed by atoms with Crippen LogP contribution >= 0.6 is 21.6 Å². The molecule has 2 nitrogen and oxygen atoms in total. The predicted octanol–water partition coefficient (Wildman–Crippen LogP) is 3.77. The molecule has 1 saturated heterocycles. The lowest BCUT2D eigenvalue weighted by Crippen LogP contribution is -2.31. The van der Waals surface area contributed by atoms with Gasteiger partial charge in [-0.05, 0) is 31.5 Å². The molecule has 0 amide bonds. The molecule has 0 aliphatic carbocycles. The van der Waals surface area contributed by atoms with Crippen LogP contribution in [0.5, 0.6) is 0 Å². The van der Waals surface area contributed by atoms with Crippen molar-refractivity contribution in [3.05, 3.63) is 35.4 Å². The third kappa shape index (κ3) is 2.79. The van der Waals surface area contributed by atoms with Gasteiger partial charge in [0.2, 0.25) is 0 Å². The number of nitrogens with zero attached hydrogens (tertiary/aromatic N) is 1. The Hall–Kier alpha value is -0.630. The lowest BCUT2D eigenvalue weighted by atomic mass is 9.97. The second kappa shape index (κ2) is 5.34. The molecule has 2 atom stereocenters. The molecule has 1 aliphatic rings. The number of benzene rings is 1. The standard InChI is InChI=1S/C12H13NOS2.CH4/c1-12(2)11(14)10(15-16-12)9-5-3-8(7-13)4-6-9;/h3-6,10-11,14H,1-2H3;1H4. The van der Waals surface area contributed by atoms with Crippen molar-refractivity contribution in [3.63, 3.8) is 0 Å². The quantitative estimate of drug-likeness (QED) is 0.787. The van der Waals surface area contributed by atoms with Gasteiger partial charge in [-0.1, -0.05) is 41.1 Å². The maximum absolute atomic E-state index is 10.2. The van der Waals surface area contributed by atoms with Gasteiger partial charge in [0.05, 0.1) is 23.0 Å². The van der Waals surface area contributed by atoms with Gasteiger partial charge >= 0.3 is 0 Å². The molecule has 0 radical (unpaired) electrons. The number of nitriles is 1. The molecule has 0 bridgehead atoms. The summed E-state index contributed by atoms with van der Waals surface area (Å²) in [5.41, 5.74) is 1.75. The van der Waals surface area contributed by atoms with E-state index in [1.807, 2.05) is 12.1 Å². The van der Waals surface area contributed by atoms with Gasteiger partial charge in [0, 0.05) is 4.75 Å². The van der Waals surface area contributed by atoms with Crippen molar-refractivity contribution < 1.29 is 5.11 Å². The maximum atomic E-state index is 10.2. The Kier molecular flexibility index (Phi) is 4.54. The fourth-order valence-electron chi connectivity index (χ4n) is 1.63. The topological polar surface area (TPSA) is 44.0 Å². The van der Waals surface area contributed by atoms with Gasteiger partial charge < -0.3 is 5.11 Å². The Labute approximate surface area is 111 Å². The first kappa shape index (κ1) is 14.4. The molecule has 0 spiro atoms. The number of rotatable bonds is 1. The Morgan fingerprint density at radius 2 is 1.88 bits per heavy atom. The lowest BCUT2D eigenvalue weighted by molar-refractivity contribution is 0.143. The average Bonchev–Trinajstić information content (AvgIpc) is 2.55. The van der Waals surface area contributed by atoms with Gasteiger partial charge in [0.25, 0.3) is 0 Å². The monoisotopic (exact) mass is 267 g/mol. The van der Waals surface area contributed by atoms with E-state index in [0.29, 0.717) is 5.56 Å². The van der Waals surface area contributed by atoms with E-state index >= 15 is 0 Å². The molecule has 92 valence electrons. The summed E-state index contributed by atoms with van der Waals surface area (Å²) < 4.78 is -0.108. The van der Waals surface area contributed by atoms with Crippen LogP contribution in [0.4, 0.5) is 0 Å². The van der Waals surface area contributed by atoms with Gasteiger partial charge in [-0.2, -0.15) is 5.26 Å². The highest BCUT2D eigenvalue weighted by Crippen LogP contribution is 2.57. The number of aliphatic hydroxyl groups is 1.